The minimum Gasteiger partial charge on any atom is -0.322 e. The van der Waals surface area contributed by atoms with Crippen molar-refractivity contribution in [3.8, 4) is 0 Å². The summed E-state index contributed by atoms with van der Waals surface area (Å²) < 4.78 is 29.4. The number of benzene rings is 2. The summed E-state index contributed by atoms with van der Waals surface area (Å²) in [5, 5.41) is 7.25. The number of aromatic nitrogens is 2. The van der Waals surface area contributed by atoms with E-state index < -0.39 is 10.0 Å². The molecule has 2 aromatic carbocycles. The molecule has 1 aromatic heterocycles. The second-order valence-corrected chi connectivity index (χ2v) is 9.38. The van der Waals surface area contributed by atoms with Crippen molar-refractivity contribution >= 4 is 21.6 Å². The lowest BCUT2D eigenvalue weighted by Gasteiger charge is -2.10. The zero-order valence-corrected chi connectivity index (χ0v) is 17.7. The molecule has 1 amide bonds. The Kier molecular flexibility index (Phi) is 5.44. The zero-order valence-electron chi connectivity index (χ0n) is 16.9. The predicted octanol–water partition coefficient (Wildman–Crippen LogP) is 3.24. The van der Waals surface area contributed by atoms with Crippen molar-refractivity contribution in [2.75, 3.05) is 5.32 Å². The van der Waals surface area contributed by atoms with Crippen LogP contribution in [0, 0.1) is 13.8 Å². The number of amides is 1. The summed E-state index contributed by atoms with van der Waals surface area (Å²) in [6.45, 7) is 4.51. The predicted molar refractivity (Wildman–Crippen MR) is 115 cm³/mol. The Bertz CT molecular complexity index is 1200. The third-order valence-corrected chi connectivity index (χ3v) is 6.44. The molecule has 8 heteroatoms. The second kappa shape index (κ2) is 8.04. The molecule has 156 valence electrons. The molecule has 0 radical (unpaired) electrons. The molecule has 1 heterocycles. The molecule has 1 fully saturated rings. The first-order chi connectivity index (χ1) is 14.3. The van der Waals surface area contributed by atoms with Gasteiger partial charge in [0.05, 0.1) is 17.1 Å². The third-order valence-electron chi connectivity index (χ3n) is 4.93. The Morgan fingerprint density at radius 3 is 2.57 bits per heavy atom. The Labute approximate surface area is 176 Å². The first-order valence-electron chi connectivity index (χ1n) is 9.84. The highest BCUT2D eigenvalue weighted by atomic mass is 32.2. The fourth-order valence-electron chi connectivity index (χ4n) is 3.25. The minimum absolute atomic E-state index is 0.0261. The lowest BCUT2D eigenvalue weighted by molar-refractivity contribution is 0.102. The molecular weight excluding hydrogens is 400 g/mol. The van der Waals surface area contributed by atoms with Crippen LogP contribution in [0.2, 0.25) is 0 Å². The van der Waals surface area contributed by atoms with Gasteiger partial charge in [0, 0.05) is 23.0 Å². The number of nitrogens with one attached hydrogen (secondary N) is 2. The first-order valence-corrected chi connectivity index (χ1v) is 11.3. The first kappa shape index (κ1) is 20.3. The number of hydrogen-bond acceptors (Lipinski definition) is 4. The Morgan fingerprint density at radius 2 is 1.87 bits per heavy atom. The zero-order chi connectivity index (χ0) is 21.3. The van der Waals surface area contributed by atoms with Gasteiger partial charge in [0.1, 0.15) is 0 Å². The molecule has 0 aliphatic heterocycles. The van der Waals surface area contributed by atoms with Crippen molar-refractivity contribution in [2.45, 2.75) is 44.2 Å². The molecule has 0 bridgehead atoms. The average molecular weight is 425 g/mol. The van der Waals surface area contributed by atoms with Gasteiger partial charge in [-0.2, -0.15) is 5.10 Å². The highest BCUT2D eigenvalue weighted by molar-refractivity contribution is 7.89. The Morgan fingerprint density at radius 1 is 1.10 bits per heavy atom. The highest BCUT2D eigenvalue weighted by Gasteiger charge is 2.28. The van der Waals surface area contributed by atoms with Crippen LogP contribution in [-0.4, -0.2) is 30.1 Å². The number of carbonyl (C=O) groups is 1. The van der Waals surface area contributed by atoms with E-state index in [2.05, 4.69) is 15.1 Å². The van der Waals surface area contributed by atoms with Crippen LogP contribution < -0.4 is 10.0 Å². The number of aryl methyl sites for hydroxylation is 2. The van der Waals surface area contributed by atoms with Gasteiger partial charge in [0.15, 0.2) is 0 Å². The monoisotopic (exact) mass is 424 g/mol. The quantitative estimate of drug-likeness (QED) is 0.609. The summed E-state index contributed by atoms with van der Waals surface area (Å²) in [7, 11) is -3.57. The minimum atomic E-state index is -3.57. The average Bonchev–Trinajstić information content (AvgIpc) is 3.45. The molecule has 0 unspecified atom stereocenters. The fourth-order valence-corrected chi connectivity index (χ4v) is 4.60. The van der Waals surface area contributed by atoms with Gasteiger partial charge in [-0.25, -0.2) is 13.1 Å². The molecule has 0 atom stereocenters. The molecule has 30 heavy (non-hydrogen) atoms. The van der Waals surface area contributed by atoms with Gasteiger partial charge in [-0.1, -0.05) is 18.2 Å². The topological polar surface area (TPSA) is 93.1 Å². The standard InChI is InChI=1S/C22H24N4O3S/c1-15-11-16(2)26(24-15)14-17-5-3-6-18(12-17)22(27)23-20-7-4-8-21(13-20)30(28,29)25-19-9-10-19/h3-8,11-13,19,25H,9-10,14H2,1-2H3,(H,23,27). The van der Waals surface area contributed by atoms with Gasteiger partial charge in [0.25, 0.3) is 5.91 Å². The van der Waals surface area contributed by atoms with Crippen molar-refractivity contribution in [3.63, 3.8) is 0 Å². The van der Waals surface area contributed by atoms with Gasteiger partial charge in [-0.05, 0) is 68.7 Å². The van der Waals surface area contributed by atoms with Crippen molar-refractivity contribution in [3.05, 3.63) is 77.1 Å². The van der Waals surface area contributed by atoms with Crippen LogP contribution in [0.15, 0.2) is 59.5 Å². The number of nitrogens with zero attached hydrogens (tertiary/aromatic N) is 2. The van der Waals surface area contributed by atoms with Crippen molar-refractivity contribution in [1.29, 1.82) is 0 Å². The maximum atomic E-state index is 12.7. The second-order valence-electron chi connectivity index (χ2n) is 7.66. The molecule has 0 spiro atoms. The molecule has 0 saturated heterocycles. The summed E-state index contributed by atoms with van der Waals surface area (Å²) in [6.07, 6.45) is 1.73. The van der Waals surface area contributed by atoms with E-state index in [1.165, 1.54) is 12.1 Å². The molecule has 1 aliphatic carbocycles. The Hall–Kier alpha value is -2.97. The van der Waals surface area contributed by atoms with Gasteiger partial charge in [0.2, 0.25) is 10.0 Å². The summed E-state index contributed by atoms with van der Waals surface area (Å²) >= 11 is 0. The van der Waals surface area contributed by atoms with Gasteiger partial charge in [-0.15, -0.1) is 0 Å². The van der Waals surface area contributed by atoms with E-state index >= 15 is 0 Å². The number of carbonyl (C=O) groups excluding carboxylic acids is 1. The summed E-state index contributed by atoms with van der Waals surface area (Å²) in [5.41, 5.74) is 3.90. The number of hydrogen-bond donors (Lipinski definition) is 2. The molecule has 3 aromatic rings. The summed E-state index contributed by atoms with van der Waals surface area (Å²) in [6, 6.07) is 15.7. The van der Waals surface area contributed by atoms with Crippen LogP contribution in [0.5, 0.6) is 0 Å². The van der Waals surface area contributed by atoms with Gasteiger partial charge < -0.3 is 5.32 Å². The maximum Gasteiger partial charge on any atom is 0.255 e. The number of rotatable bonds is 7. The van der Waals surface area contributed by atoms with Crippen molar-refractivity contribution in [2.24, 2.45) is 0 Å². The van der Waals surface area contributed by atoms with E-state index in [9.17, 15) is 13.2 Å². The lowest BCUT2D eigenvalue weighted by atomic mass is 10.1. The number of sulfonamides is 1. The molecule has 2 N–H and O–H groups in total. The van der Waals surface area contributed by atoms with Gasteiger partial charge in [-0.3, -0.25) is 9.48 Å². The maximum absolute atomic E-state index is 12.7. The Balaban J connectivity index is 1.49. The van der Waals surface area contributed by atoms with E-state index in [-0.39, 0.29) is 16.8 Å². The summed E-state index contributed by atoms with van der Waals surface area (Å²) in [5.74, 6) is -0.296. The van der Waals surface area contributed by atoms with Crippen molar-refractivity contribution in [1.82, 2.24) is 14.5 Å². The third kappa shape index (κ3) is 4.77. The van der Waals surface area contributed by atoms with E-state index in [1.54, 1.807) is 18.2 Å². The molecule has 4 rings (SSSR count). The van der Waals surface area contributed by atoms with E-state index in [0.29, 0.717) is 17.8 Å². The molecule has 1 saturated carbocycles. The van der Waals surface area contributed by atoms with Crippen LogP contribution in [0.4, 0.5) is 5.69 Å². The van der Waals surface area contributed by atoms with E-state index in [1.807, 2.05) is 42.8 Å². The van der Waals surface area contributed by atoms with Crippen LogP contribution in [0.25, 0.3) is 0 Å². The molecule has 7 nitrogen and oxygen atoms in total. The number of anilines is 1. The van der Waals surface area contributed by atoms with Crippen LogP contribution >= 0.6 is 0 Å². The van der Waals surface area contributed by atoms with Crippen molar-refractivity contribution < 1.29 is 13.2 Å². The van der Waals surface area contributed by atoms with Crippen LogP contribution in [-0.2, 0) is 16.6 Å². The highest BCUT2D eigenvalue weighted by Crippen LogP contribution is 2.23. The molecule has 1 aliphatic rings. The van der Waals surface area contributed by atoms with Crippen LogP contribution in [0.3, 0.4) is 0 Å². The summed E-state index contributed by atoms with van der Waals surface area (Å²) in [4.78, 5) is 12.9. The van der Waals surface area contributed by atoms with Crippen LogP contribution in [0.1, 0.15) is 40.2 Å². The lowest BCUT2D eigenvalue weighted by Crippen LogP contribution is -2.25. The smallest absolute Gasteiger partial charge is 0.255 e. The fraction of sp³-hybridized carbons (Fsp3) is 0.273. The van der Waals surface area contributed by atoms with Gasteiger partial charge >= 0.3 is 0 Å². The normalized spacial score (nSPS) is 13.9. The van der Waals surface area contributed by atoms with E-state index in [0.717, 1.165) is 29.8 Å². The largest absolute Gasteiger partial charge is 0.322 e. The van der Waals surface area contributed by atoms with E-state index in [4.69, 9.17) is 0 Å². The SMILES string of the molecule is Cc1cc(C)n(Cc2cccc(C(=O)Nc3cccc(S(=O)(=O)NC4CC4)c3)c2)n1. The molecular formula is C22H24N4O3S.